The Morgan fingerprint density at radius 3 is 2.74 bits per heavy atom. The fourth-order valence-corrected chi connectivity index (χ4v) is 3.04. The SMILES string of the molecule is Cc1ccnc(NC(=O)C2CCN(c3ncccc3Cl)CC2)c1. The molecule has 0 spiro atoms. The quantitative estimate of drug-likeness (QED) is 0.938. The van der Waals surface area contributed by atoms with Gasteiger partial charge in [-0.25, -0.2) is 9.97 Å². The van der Waals surface area contributed by atoms with Gasteiger partial charge in [0.2, 0.25) is 5.91 Å². The molecule has 0 aromatic carbocycles. The fraction of sp³-hybridized carbons (Fsp3) is 0.353. The molecular weight excluding hydrogens is 312 g/mol. The highest BCUT2D eigenvalue weighted by atomic mass is 35.5. The molecule has 0 aliphatic carbocycles. The number of carbonyl (C=O) groups excluding carboxylic acids is 1. The number of nitrogens with zero attached hydrogens (tertiary/aromatic N) is 3. The number of hydrogen-bond donors (Lipinski definition) is 1. The Balaban J connectivity index is 1.58. The lowest BCUT2D eigenvalue weighted by Crippen LogP contribution is -2.38. The second kappa shape index (κ2) is 6.96. The molecule has 5 nitrogen and oxygen atoms in total. The predicted octanol–water partition coefficient (Wildman–Crippen LogP) is 3.29. The van der Waals surface area contributed by atoms with Gasteiger partial charge in [-0.15, -0.1) is 0 Å². The van der Waals surface area contributed by atoms with Crippen molar-refractivity contribution in [2.45, 2.75) is 19.8 Å². The Morgan fingerprint density at radius 2 is 2.04 bits per heavy atom. The Bertz CT molecular complexity index is 698. The number of piperidine rings is 1. The van der Waals surface area contributed by atoms with Gasteiger partial charge in [0.15, 0.2) is 0 Å². The minimum Gasteiger partial charge on any atom is -0.355 e. The molecule has 2 aromatic heterocycles. The first-order valence-corrected chi connectivity index (χ1v) is 8.10. The van der Waals surface area contributed by atoms with Crippen molar-refractivity contribution in [3.63, 3.8) is 0 Å². The van der Waals surface area contributed by atoms with Crippen molar-refractivity contribution in [1.82, 2.24) is 9.97 Å². The standard InChI is InChI=1S/C17H19ClN4O/c1-12-4-8-19-15(11-12)21-17(23)13-5-9-22(10-6-13)16-14(18)3-2-7-20-16/h2-4,7-8,11,13H,5-6,9-10H2,1H3,(H,19,21,23). The maximum absolute atomic E-state index is 12.4. The minimum absolute atomic E-state index is 0.00366. The van der Waals surface area contributed by atoms with Crippen LogP contribution in [0.2, 0.25) is 5.02 Å². The van der Waals surface area contributed by atoms with Crippen LogP contribution in [0, 0.1) is 12.8 Å². The number of pyridine rings is 2. The van der Waals surface area contributed by atoms with E-state index in [9.17, 15) is 4.79 Å². The van der Waals surface area contributed by atoms with Crippen LogP contribution in [0.15, 0.2) is 36.7 Å². The van der Waals surface area contributed by atoms with Gasteiger partial charge in [-0.05, 0) is 49.6 Å². The molecule has 1 fully saturated rings. The van der Waals surface area contributed by atoms with Gasteiger partial charge in [-0.2, -0.15) is 0 Å². The summed E-state index contributed by atoms with van der Waals surface area (Å²) in [6.07, 6.45) is 5.01. The molecule has 23 heavy (non-hydrogen) atoms. The maximum atomic E-state index is 12.4. The van der Waals surface area contributed by atoms with Crippen molar-refractivity contribution in [3.8, 4) is 0 Å². The number of rotatable bonds is 3. The molecule has 1 saturated heterocycles. The Kier molecular flexibility index (Phi) is 4.76. The van der Waals surface area contributed by atoms with Gasteiger partial charge < -0.3 is 10.2 Å². The Labute approximate surface area is 140 Å². The zero-order chi connectivity index (χ0) is 16.2. The average Bonchev–Trinajstić information content (AvgIpc) is 2.55. The third-order valence-electron chi connectivity index (χ3n) is 4.07. The van der Waals surface area contributed by atoms with Crippen LogP contribution < -0.4 is 10.2 Å². The molecule has 0 bridgehead atoms. The summed E-state index contributed by atoms with van der Waals surface area (Å²) in [5.41, 5.74) is 1.08. The monoisotopic (exact) mass is 330 g/mol. The highest BCUT2D eigenvalue weighted by molar-refractivity contribution is 6.32. The van der Waals surface area contributed by atoms with Crippen LogP contribution in [0.1, 0.15) is 18.4 Å². The van der Waals surface area contributed by atoms with E-state index in [2.05, 4.69) is 20.2 Å². The number of halogens is 1. The summed E-state index contributed by atoms with van der Waals surface area (Å²) in [4.78, 5) is 23.0. The fourth-order valence-electron chi connectivity index (χ4n) is 2.80. The molecule has 2 aromatic rings. The maximum Gasteiger partial charge on any atom is 0.228 e. The number of aryl methyl sites for hydroxylation is 1. The van der Waals surface area contributed by atoms with E-state index in [0.29, 0.717) is 10.8 Å². The van der Waals surface area contributed by atoms with Gasteiger partial charge in [0, 0.05) is 31.4 Å². The van der Waals surface area contributed by atoms with E-state index >= 15 is 0 Å². The minimum atomic E-state index is -0.00366. The third kappa shape index (κ3) is 3.79. The molecule has 0 radical (unpaired) electrons. The van der Waals surface area contributed by atoms with Crippen LogP contribution in [0.4, 0.5) is 11.6 Å². The summed E-state index contributed by atoms with van der Waals surface area (Å²) in [5, 5.41) is 3.56. The van der Waals surface area contributed by atoms with Crippen molar-refractivity contribution >= 4 is 29.1 Å². The lowest BCUT2D eigenvalue weighted by Gasteiger charge is -2.32. The zero-order valence-corrected chi connectivity index (χ0v) is 13.8. The molecule has 0 atom stereocenters. The number of amides is 1. The van der Waals surface area contributed by atoms with E-state index in [4.69, 9.17) is 11.6 Å². The van der Waals surface area contributed by atoms with Crippen LogP contribution in [0.3, 0.4) is 0 Å². The van der Waals surface area contributed by atoms with Crippen molar-refractivity contribution in [2.24, 2.45) is 5.92 Å². The molecule has 0 unspecified atom stereocenters. The van der Waals surface area contributed by atoms with Crippen LogP contribution >= 0.6 is 11.6 Å². The number of carbonyl (C=O) groups is 1. The molecular formula is C17H19ClN4O. The van der Waals surface area contributed by atoms with Gasteiger partial charge >= 0.3 is 0 Å². The molecule has 0 saturated carbocycles. The zero-order valence-electron chi connectivity index (χ0n) is 13.0. The van der Waals surface area contributed by atoms with Gasteiger partial charge in [-0.3, -0.25) is 4.79 Å². The topological polar surface area (TPSA) is 58.1 Å². The van der Waals surface area contributed by atoms with Crippen molar-refractivity contribution < 1.29 is 4.79 Å². The normalized spacial score (nSPS) is 15.5. The van der Waals surface area contributed by atoms with Crippen LogP contribution in [0.5, 0.6) is 0 Å². The summed E-state index contributed by atoms with van der Waals surface area (Å²) in [6, 6.07) is 7.44. The molecule has 3 heterocycles. The molecule has 120 valence electrons. The van der Waals surface area contributed by atoms with E-state index < -0.39 is 0 Å². The second-order valence-corrected chi connectivity index (χ2v) is 6.19. The van der Waals surface area contributed by atoms with E-state index in [0.717, 1.165) is 37.3 Å². The first kappa shape index (κ1) is 15.7. The average molecular weight is 331 g/mol. The third-order valence-corrected chi connectivity index (χ3v) is 4.37. The summed E-state index contributed by atoms with van der Waals surface area (Å²) < 4.78 is 0. The van der Waals surface area contributed by atoms with Gasteiger partial charge in [0.25, 0.3) is 0 Å². The van der Waals surface area contributed by atoms with Gasteiger partial charge in [-0.1, -0.05) is 11.6 Å². The highest BCUT2D eigenvalue weighted by Crippen LogP contribution is 2.27. The number of nitrogens with one attached hydrogen (secondary N) is 1. The highest BCUT2D eigenvalue weighted by Gasteiger charge is 2.26. The van der Waals surface area contributed by atoms with E-state index in [1.165, 1.54) is 0 Å². The van der Waals surface area contributed by atoms with Crippen LogP contribution in [-0.4, -0.2) is 29.0 Å². The summed E-state index contributed by atoms with van der Waals surface area (Å²) in [5.74, 6) is 1.45. The van der Waals surface area contributed by atoms with E-state index in [1.54, 1.807) is 12.4 Å². The smallest absolute Gasteiger partial charge is 0.228 e. The summed E-state index contributed by atoms with van der Waals surface area (Å²) >= 11 is 6.19. The summed E-state index contributed by atoms with van der Waals surface area (Å²) in [7, 11) is 0. The van der Waals surface area contributed by atoms with Gasteiger partial charge in [0.1, 0.15) is 11.6 Å². The molecule has 1 aliphatic rings. The Hall–Kier alpha value is -2.14. The van der Waals surface area contributed by atoms with Crippen molar-refractivity contribution in [2.75, 3.05) is 23.3 Å². The van der Waals surface area contributed by atoms with Crippen molar-refractivity contribution in [1.29, 1.82) is 0 Å². The Morgan fingerprint density at radius 1 is 1.26 bits per heavy atom. The van der Waals surface area contributed by atoms with E-state index in [1.807, 2.05) is 31.2 Å². The number of anilines is 2. The van der Waals surface area contributed by atoms with Crippen LogP contribution in [0.25, 0.3) is 0 Å². The molecule has 6 heteroatoms. The molecule has 1 amide bonds. The van der Waals surface area contributed by atoms with Crippen LogP contribution in [-0.2, 0) is 4.79 Å². The molecule has 1 aliphatic heterocycles. The first-order valence-electron chi connectivity index (χ1n) is 7.72. The second-order valence-electron chi connectivity index (χ2n) is 5.78. The molecule has 1 N–H and O–H groups in total. The van der Waals surface area contributed by atoms with Crippen molar-refractivity contribution in [3.05, 3.63) is 47.2 Å². The lowest BCUT2D eigenvalue weighted by molar-refractivity contribution is -0.120. The first-order chi connectivity index (χ1) is 11.1. The predicted molar refractivity (Wildman–Crippen MR) is 91.8 cm³/mol. The number of aromatic nitrogens is 2. The molecule has 3 rings (SSSR count). The lowest BCUT2D eigenvalue weighted by atomic mass is 9.96. The summed E-state index contributed by atoms with van der Waals surface area (Å²) in [6.45, 7) is 3.53. The van der Waals surface area contributed by atoms with Gasteiger partial charge in [0.05, 0.1) is 5.02 Å². The van der Waals surface area contributed by atoms with E-state index in [-0.39, 0.29) is 11.8 Å². The number of hydrogen-bond acceptors (Lipinski definition) is 4. The largest absolute Gasteiger partial charge is 0.355 e.